The van der Waals surface area contributed by atoms with Gasteiger partial charge in [0.25, 0.3) is 0 Å². The molecule has 0 amide bonds. The van der Waals surface area contributed by atoms with Crippen LogP contribution in [0.3, 0.4) is 0 Å². The van der Waals surface area contributed by atoms with E-state index in [2.05, 4.69) is 18.7 Å². The Morgan fingerprint density at radius 2 is 1.88 bits per heavy atom. The van der Waals surface area contributed by atoms with Gasteiger partial charge in [-0.05, 0) is 50.5 Å². The maximum atomic E-state index is 10.2. The predicted octanol–water partition coefficient (Wildman–Crippen LogP) is 3.05. The van der Waals surface area contributed by atoms with E-state index in [-0.39, 0.29) is 6.10 Å². The fourth-order valence-corrected chi connectivity index (χ4v) is 3.49. The fraction of sp³-hybridized carbons (Fsp3) is 1.00. The van der Waals surface area contributed by atoms with Crippen molar-refractivity contribution < 1.29 is 5.11 Å². The van der Waals surface area contributed by atoms with Crippen molar-refractivity contribution in [3.05, 3.63) is 0 Å². The van der Waals surface area contributed by atoms with E-state index >= 15 is 0 Å². The molecule has 0 aromatic heterocycles. The first-order chi connectivity index (χ1) is 8.24. The molecule has 0 bridgehead atoms. The zero-order valence-electron chi connectivity index (χ0n) is 11.6. The van der Waals surface area contributed by atoms with Crippen LogP contribution in [0.15, 0.2) is 0 Å². The van der Waals surface area contributed by atoms with Crippen molar-refractivity contribution in [3.63, 3.8) is 0 Å². The van der Waals surface area contributed by atoms with E-state index in [0.29, 0.717) is 5.92 Å². The van der Waals surface area contributed by atoms with E-state index < -0.39 is 0 Å². The number of aliphatic hydroxyl groups excluding tert-OH is 1. The van der Waals surface area contributed by atoms with Crippen molar-refractivity contribution in [2.75, 3.05) is 13.1 Å². The second-order valence-electron chi connectivity index (χ2n) is 6.11. The molecule has 2 rings (SSSR count). The van der Waals surface area contributed by atoms with Gasteiger partial charge in [-0.3, -0.25) is 0 Å². The Balaban J connectivity index is 1.83. The summed E-state index contributed by atoms with van der Waals surface area (Å²) in [7, 11) is 0. The van der Waals surface area contributed by atoms with Crippen LogP contribution in [-0.2, 0) is 0 Å². The molecule has 0 saturated heterocycles. The normalized spacial score (nSPS) is 34.2. The molecule has 0 spiro atoms. The molecular weight excluding hydrogens is 210 g/mol. The summed E-state index contributed by atoms with van der Waals surface area (Å²) in [5.74, 6) is 1.42. The maximum Gasteiger partial charge on any atom is 0.0580 e. The summed E-state index contributed by atoms with van der Waals surface area (Å²) in [6.07, 6.45) is 8.95. The number of nitrogens with zero attached hydrogens (tertiary/aromatic N) is 1. The molecule has 2 saturated carbocycles. The van der Waals surface area contributed by atoms with E-state index in [4.69, 9.17) is 0 Å². The van der Waals surface area contributed by atoms with E-state index in [1.165, 1.54) is 38.5 Å². The summed E-state index contributed by atoms with van der Waals surface area (Å²) >= 11 is 0. The van der Waals surface area contributed by atoms with Gasteiger partial charge < -0.3 is 10.0 Å². The molecular formula is C15H29NO. The van der Waals surface area contributed by atoms with Gasteiger partial charge in [0.2, 0.25) is 0 Å². The van der Waals surface area contributed by atoms with Gasteiger partial charge in [-0.25, -0.2) is 0 Å². The van der Waals surface area contributed by atoms with Gasteiger partial charge in [-0.15, -0.1) is 0 Å². The van der Waals surface area contributed by atoms with Crippen molar-refractivity contribution in [3.8, 4) is 0 Å². The Hall–Kier alpha value is -0.0800. The third-order valence-corrected chi connectivity index (χ3v) is 4.69. The maximum absolute atomic E-state index is 10.2. The highest BCUT2D eigenvalue weighted by Crippen LogP contribution is 2.35. The smallest absolute Gasteiger partial charge is 0.0580 e. The molecule has 17 heavy (non-hydrogen) atoms. The van der Waals surface area contributed by atoms with E-state index in [0.717, 1.165) is 31.5 Å². The lowest BCUT2D eigenvalue weighted by atomic mass is 9.77. The summed E-state index contributed by atoms with van der Waals surface area (Å²) in [5, 5.41) is 10.2. The minimum Gasteiger partial charge on any atom is -0.393 e. The van der Waals surface area contributed by atoms with Gasteiger partial charge in [0.1, 0.15) is 0 Å². The molecule has 2 aliphatic carbocycles. The molecule has 0 aliphatic heterocycles. The first-order valence-corrected chi connectivity index (χ1v) is 7.66. The van der Waals surface area contributed by atoms with Crippen LogP contribution in [0, 0.1) is 11.8 Å². The van der Waals surface area contributed by atoms with E-state index in [1.807, 2.05) is 0 Å². The van der Waals surface area contributed by atoms with Gasteiger partial charge in [0.15, 0.2) is 0 Å². The summed E-state index contributed by atoms with van der Waals surface area (Å²) < 4.78 is 0. The van der Waals surface area contributed by atoms with Gasteiger partial charge >= 0.3 is 0 Å². The molecule has 2 aliphatic rings. The largest absolute Gasteiger partial charge is 0.393 e. The lowest BCUT2D eigenvalue weighted by Gasteiger charge is -2.36. The Kier molecular flexibility index (Phi) is 4.87. The Morgan fingerprint density at radius 1 is 1.12 bits per heavy atom. The van der Waals surface area contributed by atoms with Gasteiger partial charge in [0, 0.05) is 12.6 Å². The molecule has 1 N–H and O–H groups in total. The predicted molar refractivity (Wildman–Crippen MR) is 72.0 cm³/mol. The number of aliphatic hydroxyl groups is 1. The zero-order valence-corrected chi connectivity index (χ0v) is 11.6. The zero-order chi connectivity index (χ0) is 12.3. The molecule has 0 heterocycles. The third-order valence-electron chi connectivity index (χ3n) is 4.69. The lowest BCUT2D eigenvalue weighted by Crippen LogP contribution is -2.39. The minimum absolute atomic E-state index is 0.0316. The molecule has 3 unspecified atom stereocenters. The first kappa shape index (κ1) is 13.4. The standard InChI is InChI=1S/C15H29NO/c1-3-5-12-6-9-15(17)13(10-12)11-16(4-2)14-7-8-14/h12-15,17H,3-11H2,1-2H3. The molecule has 100 valence electrons. The highest BCUT2D eigenvalue weighted by molar-refractivity contribution is 4.88. The Morgan fingerprint density at radius 3 is 2.47 bits per heavy atom. The molecule has 0 aromatic carbocycles. The van der Waals surface area contributed by atoms with Crippen molar-refractivity contribution in [2.45, 2.75) is 70.9 Å². The minimum atomic E-state index is -0.0316. The van der Waals surface area contributed by atoms with Gasteiger partial charge in [0.05, 0.1) is 6.10 Å². The van der Waals surface area contributed by atoms with Crippen molar-refractivity contribution >= 4 is 0 Å². The highest BCUT2D eigenvalue weighted by atomic mass is 16.3. The van der Waals surface area contributed by atoms with Crippen molar-refractivity contribution in [1.82, 2.24) is 4.90 Å². The second kappa shape index (κ2) is 6.19. The van der Waals surface area contributed by atoms with Crippen LogP contribution in [0.5, 0.6) is 0 Å². The fourth-order valence-electron chi connectivity index (χ4n) is 3.49. The van der Waals surface area contributed by atoms with Crippen LogP contribution in [0.2, 0.25) is 0 Å². The SMILES string of the molecule is CCCC1CCC(O)C(CN(CC)C2CC2)C1. The topological polar surface area (TPSA) is 23.5 Å². The Bertz CT molecular complexity index is 227. The first-order valence-electron chi connectivity index (χ1n) is 7.66. The van der Waals surface area contributed by atoms with Crippen LogP contribution in [-0.4, -0.2) is 35.2 Å². The van der Waals surface area contributed by atoms with E-state index in [9.17, 15) is 5.11 Å². The second-order valence-corrected chi connectivity index (χ2v) is 6.11. The molecule has 2 fully saturated rings. The summed E-state index contributed by atoms with van der Waals surface area (Å²) in [6, 6.07) is 0.846. The molecule has 0 radical (unpaired) electrons. The van der Waals surface area contributed by atoms with Crippen LogP contribution in [0.25, 0.3) is 0 Å². The highest BCUT2D eigenvalue weighted by Gasteiger charge is 2.34. The molecule has 2 heteroatoms. The molecule has 3 atom stereocenters. The summed E-state index contributed by atoms with van der Waals surface area (Å²) in [5.41, 5.74) is 0. The Labute approximate surface area is 106 Å². The average molecular weight is 239 g/mol. The van der Waals surface area contributed by atoms with Crippen LogP contribution < -0.4 is 0 Å². The monoisotopic (exact) mass is 239 g/mol. The quantitative estimate of drug-likeness (QED) is 0.770. The molecule has 0 aromatic rings. The third kappa shape index (κ3) is 3.69. The number of rotatable bonds is 6. The van der Waals surface area contributed by atoms with Crippen LogP contribution in [0.1, 0.15) is 58.8 Å². The average Bonchev–Trinajstić information content (AvgIpc) is 3.14. The van der Waals surface area contributed by atoms with Crippen molar-refractivity contribution in [2.24, 2.45) is 11.8 Å². The van der Waals surface area contributed by atoms with Gasteiger partial charge in [-0.2, -0.15) is 0 Å². The molecule has 2 nitrogen and oxygen atoms in total. The van der Waals surface area contributed by atoms with E-state index in [1.54, 1.807) is 0 Å². The van der Waals surface area contributed by atoms with Gasteiger partial charge in [-0.1, -0.05) is 26.7 Å². The summed E-state index contributed by atoms with van der Waals surface area (Å²) in [6.45, 7) is 6.84. The summed E-state index contributed by atoms with van der Waals surface area (Å²) in [4.78, 5) is 2.60. The number of hydrogen-bond donors (Lipinski definition) is 1. The van der Waals surface area contributed by atoms with Crippen molar-refractivity contribution in [1.29, 1.82) is 0 Å². The number of hydrogen-bond acceptors (Lipinski definition) is 2. The van der Waals surface area contributed by atoms with Crippen LogP contribution >= 0.6 is 0 Å². The lowest BCUT2D eigenvalue weighted by molar-refractivity contribution is 0.0251. The van der Waals surface area contributed by atoms with Crippen LogP contribution in [0.4, 0.5) is 0 Å².